The van der Waals surface area contributed by atoms with Gasteiger partial charge in [-0.05, 0) is 33.5 Å². The van der Waals surface area contributed by atoms with Gasteiger partial charge in [0.25, 0.3) is 0 Å². The maximum atomic E-state index is 10.9. The van der Waals surface area contributed by atoms with E-state index in [4.69, 9.17) is 11.5 Å². The number of nitrogens with two attached hydrogens (primary N) is 2. The lowest BCUT2D eigenvalue weighted by atomic mass is 10.1. The molecule has 12 heavy (non-hydrogen) atoms. The van der Waals surface area contributed by atoms with Gasteiger partial charge in [0.2, 0.25) is 5.91 Å². The molecule has 1 amide bonds. The van der Waals surface area contributed by atoms with Crippen molar-refractivity contribution in [3.05, 3.63) is 0 Å². The van der Waals surface area contributed by atoms with Crippen molar-refractivity contribution in [3.63, 3.8) is 0 Å². The van der Waals surface area contributed by atoms with Crippen LogP contribution in [0.4, 0.5) is 0 Å². The molecule has 4 heteroatoms. The zero-order valence-corrected chi connectivity index (χ0v) is 7.92. The molecule has 4 N–H and O–H groups in total. The van der Waals surface area contributed by atoms with E-state index in [-0.39, 0.29) is 11.9 Å². The van der Waals surface area contributed by atoms with E-state index in [9.17, 15) is 4.79 Å². The van der Waals surface area contributed by atoms with Crippen LogP contribution >= 0.6 is 0 Å². The summed E-state index contributed by atoms with van der Waals surface area (Å²) in [7, 11) is 3.72. The van der Waals surface area contributed by atoms with E-state index in [0.717, 1.165) is 19.3 Å². The lowest BCUT2D eigenvalue weighted by Crippen LogP contribution is -2.40. The lowest BCUT2D eigenvalue weighted by molar-refractivity contribution is -0.122. The van der Waals surface area contributed by atoms with E-state index in [1.165, 1.54) is 0 Å². The van der Waals surface area contributed by atoms with Crippen LogP contribution in [0.2, 0.25) is 0 Å². The summed E-state index contributed by atoms with van der Waals surface area (Å²) < 4.78 is 0. The van der Waals surface area contributed by atoms with Crippen molar-refractivity contribution in [2.45, 2.75) is 25.3 Å². The highest BCUT2D eigenvalue weighted by Gasteiger charge is 2.16. The largest absolute Gasteiger partial charge is 0.368 e. The van der Waals surface area contributed by atoms with Gasteiger partial charge in [0.15, 0.2) is 0 Å². The Bertz CT molecular complexity index is 136. The van der Waals surface area contributed by atoms with Gasteiger partial charge < -0.3 is 11.5 Å². The molecule has 4 nitrogen and oxygen atoms in total. The SMILES string of the molecule is CN([13CH3])C(CCCC[15NH2])C(N)=O. The number of unbranched alkanes of at least 4 members (excludes halogenated alkanes) is 1. The Hall–Kier alpha value is -0.610. The topological polar surface area (TPSA) is 72.3 Å². The fraction of sp³-hybridized carbons (Fsp3) is 0.875. The Morgan fingerprint density at radius 3 is 2.33 bits per heavy atom. The molecule has 0 aromatic carbocycles. The van der Waals surface area contributed by atoms with E-state index in [0.29, 0.717) is 6.54 Å². The van der Waals surface area contributed by atoms with Crippen molar-refractivity contribution in [2.24, 2.45) is 11.5 Å². The number of primary amides is 1. The highest BCUT2D eigenvalue weighted by Crippen LogP contribution is 2.04. The summed E-state index contributed by atoms with van der Waals surface area (Å²) in [4.78, 5) is 12.7. The first-order chi connectivity index (χ1) is 5.59. The Labute approximate surface area is 73.9 Å². The number of amides is 1. The van der Waals surface area contributed by atoms with Gasteiger partial charge in [0.05, 0.1) is 6.04 Å². The van der Waals surface area contributed by atoms with E-state index in [1.54, 1.807) is 0 Å². The molecule has 1 atom stereocenters. The first-order valence-corrected chi connectivity index (χ1v) is 4.25. The van der Waals surface area contributed by atoms with E-state index < -0.39 is 0 Å². The number of hydrogen-bond donors (Lipinski definition) is 2. The molecule has 0 spiro atoms. The maximum Gasteiger partial charge on any atom is 0.234 e. The fourth-order valence-corrected chi connectivity index (χ4v) is 1.14. The zero-order chi connectivity index (χ0) is 9.56. The summed E-state index contributed by atoms with van der Waals surface area (Å²) in [6.07, 6.45) is 2.72. The second-order valence-electron chi connectivity index (χ2n) is 3.17. The summed E-state index contributed by atoms with van der Waals surface area (Å²) in [5.41, 5.74) is 10.5. The van der Waals surface area contributed by atoms with Crippen LogP contribution in [0, 0.1) is 0 Å². The molecule has 0 aliphatic rings. The summed E-state index contributed by atoms with van der Waals surface area (Å²) in [5.74, 6) is -0.253. The average molecular weight is 175 g/mol. The van der Waals surface area contributed by atoms with Crippen LogP contribution in [0.25, 0.3) is 0 Å². The van der Waals surface area contributed by atoms with Crippen molar-refractivity contribution in [1.29, 1.82) is 0 Å². The Morgan fingerprint density at radius 1 is 1.42 bits per heavy atom. The highest BCUT2D eigenvalue weighted by molar-refractivity contribution is 5.79. The average Bonchev–Trinajstić information content (AvgIpc) is 1.96. The predicted octanol–water partition coefficient (Wildman–Crippen LogP) is -0.469. The van der Waals surface area contributed by atoms with E-state index in [2.05, 4.69) is 0 Å². The fourth-order valence-electron chi connectivity index (χ4n) is 1.14. The van der Waals surface area contributed by atoms with Crippen LogP contribution in [0.15, 0.2) is 0 Å². The molecule has 0 saturated heterocycles. The third kappa shape index (κ3) is 4.31. The number of nitrogens with zero attached hydrogens (tertiary/aromatic N) is 1. The highest BCUT2D eigenvalue weighted by atomic mass is 16.1. The van der Waals surface area contributed by atoms with Gasteiger partial charge >= 0.3 is 0 Å². The molecule has 0 heterocycles. The Morgan fingerprint density at radius 2 is 2.00 bits per heavy atom. The summed E-state index contributed by atoms with van der Waals surface area (Å²) >= 11 is 0. The van der Waals surface area contributed by atoms with Crippen LogP contribution in [0.5, 0.6) is 0 Å². The molecular weight excluding hydrogens is 156 g/mol. The van der Waals surface area contributed by atoms with Crippen LogP contribution in [-0.4, -0.2) is 37.5 Å². The van der Waals surface area contributed by atoms with Crippen molar-refractivity contribution >= 4 is 5.91 Å². The van der Waals surface area contributed by atoms with Crippen molar-refractivity contribution in [1.82, 2.24) is 4.90 Å². The van der Waals surface area contributed by atoms with E-state index in [1.807, 2.05) is 19.0 Å². The molecular formula is C8H19N3O. The molecule has 0 aromatic heterocycles. The number of rotatable bonds is 6. The standard InChI is InChI=1S/C8H19N3O/c1-11(2)7(8(10)12)5-3-4-6-9/h7H,3-6,9H2,1-2H3,(H2,10,12)/i1+1,9+1. The number of hydrogen-bond acceptors (Lipinski definition) is 3. The minimum Gasteiger partial charge on any atom is -0.368 e. The number of carbonyl (C=O) groups excluding carboxylic acids is 1. The normalized spacial score (nSPS) is 13.3. The van der Waals surface area contributed by atoms with Crippen molar-refractivity contribution in [2.75, 3.05) is 20.6 Å². The first kappa shape index (κ1) is 11.4. The minimum atomic E-state index is -0.253. The van der Waals surface area contributed by atoms with Crippen LogP contribution in [0.3, 0.4) is 0 Å². The van der Waals surface area contributed by atoms with Gasteiger partial charge in [-0.25, -0.2) is 0 Å². The van der Waals surface area contributed by atoms with Crippen molar-refractivity contribution < 1.29 is 4.79 Å². The van der Waals surface area contributed by atoms with Gasteiger partial charge in [-0.2, -0.15) is 0 Å². The molecule has 0 radical (unpaired) electrons. The number of likely N-dealkylation sites (N-methyl/N-ethyl adjacent to an activating group) is 1. The molecule has 0 saturated carbocycles. The Kier molecular flexibility index (Phi) is 5.66. The predicted molar refractivity (Wildman–Crippen MR) is 49.6 cm³/mol. The molecule has 0 aromatic rings. The van der Waals surface area contributed by atoms with Crippen LogP contribution < -0.4 is 11.5 Å². The van der Waals surface area contributed by atoms with Crippen LogP contribution in [-0.2, 0) is 4.79 Å². The van der Waals surface area contributed by atoms with Gasteiger partial charge in [0, 0.05) is 0 Å². The quantitative estimate of drug-likeness (QED) is 0.326. The van der Waals surface area contributed by atoms with E-state index >= 15 is 0 Å². The molecule has 0 aliphatic carbocycles. The van der Waals surface area contributed by atoms with Crippen molar-refractivity contribution in [3.8, 4) is 0 Å². The third-order valence-electron chi connectivity index (χ3n) is 1.88. The van der Waals surface area contributed by atoms with Gasteiger partial charge in [-0.15, -0.1) is 0 Å². The summed E-state index contributed by atoms with van der Waals surface area (Å²) in [6.45, 7) is 0.679. The summed E-state index contributed by atoms with van der Waals surface area (Å²) in [6, 6.07) is -0.142. The molecule has 1 unspecified atom stereocenters. The Balaban J connectivity index is 3.72. The first-order valence-electron chi connectivity index (χ1n) is 4.25. The second kappa shape index (κ2) is 5.97. The molecule has 0 fully saturated rings. The van der Waals surface area contributed by atoms with Gasteiger partial charge in [-0.3, -0.25) is 9.69 Å². The van der Waals surface area contributed by atoms with Gasteiger partial charge in [0.1, 0.15) is 0 Å². The minimum absolute atomic E-state index is 0.142. The third-order valence-corrected chi connectivity index (χ3v) is 1.88. The molecule has 0 aliphatic heterocycles. The van der Waals surface area contributed by atoms with Crippen LogP contribution in [0.1, 0.15) is 19.3 Å². The molecule has 0 bridgehead atoms. The maximum absolute atomic E-state index is 10.9. The molecule has 0 rings (SSSR count). The van der Waals surface area contributed by atoms with Gasteiger partial charge in [-0.1, -0.05) is 6.42 Å². The second-order valence-corrected chi connectivity index (χ2v) is 3.17. The lowest BCUT2D eigenvalue weighted by Gasteiger charge is -2.20. The smallest absolute Gasteiger partial charge is 0.234 e. The molecule has 72 valence electrons. The monoisotopic (exact) mass is 175 g/mol. The summed E-state index contributed by atoms with van der Waals surface area (Å²) in [5, 5.41) is 0. The number of carbonyl (C=O) groups is 1. The zero-order valence-electron chi connectivity index (χ0n) is 7.92.